The lowest BCUT2D eigenvalue weighted by Gasteiger charge is -2.21. The van der Waals surface area contributed by atoms with Crippen LogP contribution in [0.2, 0.25) is 0 Å². The van der Waals surface area contributed by atoms with E-state index in [4.69, 9.17) is 9.47 Å². The summed E-state index contributed by atoms with van der Waals surface area (Å²) in [5, 5.41) is 10.7. The molecule has 1 atom stereocenters. The van der Waals surface area contributed by atoms with Gasteiger partial charge in [0.2, 0.25) is 0 Å². The van der Waals surface area contributed by atoms with E-state index in [1.807, 2.05) is 6.07 Å². The molecular formula is C14H11BrN4O4. The molecule has 0 saturated carbocycles. The molecule has 1 aliphatic rings. The number of fused-ring (bicyclic) bond motifs is 1. The summed E-state index contributed by atoms with van der Waals surface area (Å²) in [6.45, 7) is 0.943. The van der Waals surface area contributed by atoms with Crippen LogP contribution in [-0.2, 0) is 11.3 Å². The second-order valence-corrected chi connectivity index (χ2v) is 5.61. The summed E-state index contributed by atoms with van der Waals surface area (Å²) in [4.78, 5) is 18.0. The lowest BCUT2D eigenvalue weighted by Crippen LogP contribution is -2.32. The maximum atomic E-state index is 10.7. The molecule has 2 aromatic heterocycles. The van der Waals surface area contributed by atoms with Gasteiger partial charge in [0.1, 0.15) is 31.2 Å². The SMILES string of the molecule is O=[N+]([O-])c1cn2c(n1)OC[C@@H](OCC#Cc1ccc(Br)cn1)C2. The van der Waals surface area contributed by atoms with E-state index in [0.717, 1.165) is 4.47 Å². The third-order valence-corrected chi connectivity index (χ3v) is 3.52. The molecule has 0 fully saturated rings. The number of imidazole rings is 1. The van der Waals surface area contributed by atoms with E-state index in [2.05, 4.69) is 37.7 Å². The third kappa shape index (κ3) is 3.85. The van der Waals surface area contributed by atoms with Crippen molar-refractivity contribution in [2.75, 3.05) is 13.2 Å². The van der Waals surface area contributed by atoms with Crippen LogP contribution in [-0.4, -0.2) is 38.8 Å². The van der Waals surface area contributed by atoms with Gasteiger partial charge in [-0.15, -0.1) is 0 Å². The van der Waals surface area contributed by atoms with Crippen LogP contribution in [0, 0.1) is 22.0 Å². The predicted octanol–water partition coefficient (Wildman–Crippen LogP) is 1.78. The maximum absolute atomic E-state index is 10.7. The molecule has 0 aromatic carbocycles. The zero-order valence-corrected chi connectivity index (χ0v) is 13.4. The first-order chi connectivity index (χ1) is 11.1. The standard InChI is InChI=1S/C14H11BrN4O4/c15-10-3-4-11(16-6-10)2-1-5-22-12-7-18-8-13(19(20)21)17-14(18)23-9-12/h3-4,6,8,12H,5,7,9H2/t12-/m0/s1. The Morgan fingerprint density at radius 3 is 3.17 bits per heavy atom. The highest BCUT2D eigenvalue weighted by molar-refractivity contribution is 9.10. The van der Waals surface area contributed by atoms with Crippen molar-refractivity contribution in [2.45, 2.75) is 12.6 Å². The van der Waals surface area contributed by atoms with Crippen molar-refractivity contribution in [1.82, 2.24) is 14.5 Å². The van der Waals surface area contributed by atoms with Crippen LogP contribution in [0.1, 0.15) is 5.69 Å². The zero-order valence-electron chi connectivity index (χ0n) is 11.8. The number of hydrogen-bond acceptors (Lipinski definition) is 6. The van der Waals surface area contributed by atoms with Crippen molar-refractivity contribution in [3.05, 3.63) is 44.8 Å². The predicted molar refractivity (Wildman–Crippen MR) is 82.9 cm³/mol. The van der Waals surface area contributed by atoms with Crippen molar-refractivity contribution in [3.8, 4) is 17.9 Å². The first-order valence-corrected chi connectivity index (χ1v) is 7.47. The van der Waals surface area contributed by atoms with Crippen molar-refractivity contribution in [2.24, 2.45) is 0 Å². The molecule has 8 nitrogen and oxygen atoms in total. The quantitative estimate of drug-likeness (QED) is 0.459. The van der Waals surface area contributed by atoms with Crippen LogP contribution in [0.3, 0.4) is 0 Å². The summed E-state index contributed by atoms with van der Waals surface area (Å²) in [5.41, 5.74) is 0.657. The fourth-order valence-corrected chi connectivity index (χ4v) is 2.23. The molecule has 2 aromatic rings. The third-order valence-electron chi connectivity index (χ3n) is 3.05. The Bertz CT molecular complexity index is 778. The van der Waals surface area contributed by atoms with E-state index in [-0.39, 0.29) is 31.1 Å². The molecule has 0 spiro atoms. The molecule has 3 rings (SSSR count). The fourth-order valence-electron chi connectivity index (χ4n) is 2.00. The van der Waals surface area contributed by atoms with Gasteiger partial charge in [0, 0.05) is 15.7 Å². The molecule has 23 heavy (non-hydrogen) atoms. The number of pyridine rings is 1. The van der Waals surface area contributed by atoms with Crippen LogP contribution in [0.25, 0.3) is 0 Å². The van der Waals surface area contributed by atoms with Crippen molar-refractivity contribution >= 4 is 21.7 Å². The van der Waals surface area contributed by atoms with Gasteiger partial charge in [0.15, 0.2) is 0 Å². The van der Waals surface area contributed by atoms with Gasteiger partial charge in [0.05, 0.1) is 6.54 Å². The van der Waals surface area contributed by atoms with E-state index < -0.39 is 4.92 Å². The van der Waals surface area contributed by atoms with Gasteiger partial charge in [0.25, 0.3) is 0 Å². The van der Waals surface area contributed by atoms with Crippen LogP contribution >= 0.6 is 15.9 Å². The van der Waals surface area contributed by atoms with E-state index >= 15 is 0 Å². The Labute approximate surface area is 139 Å². The second-order valence-electron chi connectivity index (χ2n) is 4.70. The van der Waals surface area contributed by atoms with Gasteiger partial charge in [-0.1, -0.05) is 5.92 Å². The van der Waals surface area contributed by atoms with Gasteiger partial charge in [-0.3, -0.25) is 4.57 Å². The van der Waals surface area contributed by atoms with Gasteiger partial charge >= 0.3 is 11.8 Å². The Hall–Kier alpha value is -2.44. The number of rotatable bonds is 3. The largest absolute Gasteiger partial charge is 0.443 e. The van der Waals surface area contributed by atoms with Crippen molar-refractivity contribution in [1.29, 1.82) is 0 Å². The smallest absolute Gasteiger partial charge is 0.414 e. The van der Waals surface area contributed by atoms with E-state index in [9.17, 15) is 10.1 Å². The molecule has 0 unspecified atom stereocenters. The summed E-state index contributed by atoms with van der Waals surface area (Å²) in [6.07, 6.45) is 2.78. The Morgan fingerprint density at radius 2 is 2.43 bits per heavy atom. The lowest BCUT2D eigenvalue weighted by molar-refractivity contribution is -0.389. The van der Waals surface area contributed by atoms with Crippen LogP contribution in [0.5, 0.6) is 6.01 Å². The number of hydrogen-bond donors (Lipinski definition) is 0. The molecule has 3 heterocycles. The summed E-state index contributed by atoms with van der Waals surface area (Å²) in [5.74, 6) is 5.54. The molecule has 0 bridgehead atoms. The molecule has 9 heteroatoms. The molecule has 0 N–H and O–H groups in total. The zero-order chi connectivity index (χ0) is 16.2. The monoisotopic (exact) mass is 378 g/mol. The minimum Gasteiger partial charge on any atom is -0.443 e. The Balaban J connectivity index is 1.54. The summed E-state index contributed by atoms with van der Waals surface area (Å²) >= 11 is 3.30. The van der Waals surface area contributed by atoms with Gasteiger partial charge in [-0.05, 0) is 38.9 Å². The molecule has 1 aliphatic heterocycles. The van der Waals surface area contributed by atoms with Crippen molar-refractivity contribution in [3.63, 3.8) is 0 Å². The maximum Gasteiger partial charge on any atom is 0.414 e. The number of aromatic nitrogens is 3. The summed E-state index contributed by atoms with van der Waals surface area (Å²) < 4.78 is 13.4. The van der Waals surface area contributed by atoms with Crippen LogP contribution in [0.4, 0.5) is 5.82 Å². The summed E-state index contributed by atoms with van der Waals surface area (Å²) in [6, 6.07) is 3.90. The second kappa shape index (κ2) is 6.76. The van der Waals surface area contributed by atoms with Crippen LogP contribution in [0.15, 0.2) is 29.0 Å². The average molecular weight is 379 g/mol. The number of nitro groups is 1. The normalized spacial score (nSPS) is 16.0. The Morgan fingerprint density at radius 1 is 1.57 bits per heavy atom. The van der Waals surface area contributed by atoms with Gasteiger partial charge < -0.3 is 19.6 Å². The summed E-state index contributed by atoms with van der Waals surface area (Å²) in [7, 11) is 0. The number of ether oxygens (including phenoxy) is 2. The highest BCUT2D eigenvalue weighted by Crippen LogP contribution is 2.22. The molecular weight excluding hydrogens is 368 g/mol. The Kier molecular flexibility index (Phi) is 4.55. The van der Waals surface area contributed by atoms with E-state index in [1.54, 1.807) is 16.8 Å². The van der Waals surface area contributed by atoms with Gasteiger partial charge in [-0.2, -0.15) is 0 Å². The molecule has 0 amide bonds. The minimum atomic E-state index is -0.554. The van der Waals surface area contributed by atoms with E-state index in [0.29, 0.717) is 12.2 Å². The van der Waals surface area contributed by atoms with Gasteiger partial charge in [-0.25, -0.2) is 4.98 Å². The molecule has 0 radical (unpaired) electrons. The first kappa shape index (κ1) is 15.5. The highest BCUT2D eigenvalue weighted by Gasteiger charge is 2.27. The first-order valence-electron chi connectivity index (χ1n) is 6.68. The lowest BCUT2D eigenvalue weighted by atomic mass is 10.3. The fraction of sp³-hybridized carbons (Fsp3) is 0.286. The molecule has 118 valence electrons. The molecule has 0 aliphatic carbocycles. The highest BCUT2D eigenvalue weighted by atomic mass is 79.9. The van der Waals surface area contributed by atoms with Crippen molar-refractivity contribution < 1.29 is 14.4 Å². The minimum absolute atomic E-state index is 0.220. The van der Waals surface area contributed by atoms with Crippen LogP contribution < -0.4 is 4.74 Å². The van der Waals surface area contributed by atoms with E-state index in [1.165, 1.54) is 6.20 Å². The molecule has 0 saturated heterocycles. The number of nitrogens with zero attached hydrogens (tertiary/aromatic N) is 4. The average Bonchev–Trinajstić information content (AvgIpc) is 2.97. The topological polar surface area (TPSA) is 92.3 Å². The number of halogens is 1.